The van der Waals surface area contributed by atoms with Crippen molar-refractivity contribution in [1.29, 1.82) is 0 Å². The predicted octanol–water partition coefficient (Wildman–Crippen LogP) is 4.64. The molecule has 0 saturated carbocycles. The summed E-state index contributed by atoms with van der Waals surface area (Å²) in [5, 5.41) is 1.76. The molecule has 0 N–H and O–H groups in total. The molecule has 0 unspecified atom stereocenters. The van der Waals surface area contributed by atoms with Gasteiger partial charge in [0.05, 0.1) is 10.4 Å². The molecule has 0 bridgehead atoms. The van der Waals surface area contributed by atoms with E-state index in [9.17, 15) is 18.0 Å². The highest BCUT2D eigenvalue weighted by molar-refractivity contribution is 7.12. The highest BCUT2D eigenvalue weighted by Gasteiger charge is 2.29. The van der Waals surface area contributed by atoms with Crippen LogP contribution in [0.3, 0.4) is 0 Å². The van der Waals surface area contributed by atoms with Crippen LogP contribution < -0.4 is 0 Å². The maximum absolute atomic E-state index is 12.4. The number of benzene rings is 1. The van der Waals surface area contributed by atoms with E-state index in [4.69, 9.17) is 0 Å². The lowest BCUT2D eigenvalue weighted by Gasteiger charge is -2.06. The molecule has 0 aliphatic carbocycles. The third-order valence-corrected chi connectivity index (χ3v) is 3.52. The van der Waals surface area contributed by atoms with Crippen LogP contribution in [0.2, 0.25) is 0 Å². The Morgan fingerprint density at radius 1 is 1.11 bits per heavy atom. The van der Waals surface area contributed by atoms with Crippen LogP contribution in [0.25, 0.3) is 11.1 Å². The quantitative estimate of drug-likeness (QED) is 0.727. The lowest BCUT2D eigenvalue weighted by molar-refractivity contribution is -0.137. The molecule has 0 radical (unpaired) electrons. The minimum atomic E-state index is -4.32. The number of alkyl halides is 3. The molecule has 1 aromatic carbocycles. The molecule has 0 aliphatic rings. The zero-order valence-corrected chi connectivity index (χ0v) is 10.2. The summed E-state index contributed by atoms with van der Waals surface area (Å²) in [5.41, 5.74) is 0.763. The normalized spacial score (nSPS) is 11.6. The van der Waals surface area contributed by atoms with Crippen LogP contribution in [-0.4, -0.2) is 5.78 Å². The number of carbonyl (C=O) groups is 1. The number of carbonyl (C=O) groups excluding carboxylic acids is 1. The minimum Gasteiger partial charge on any atom is -0.294 e. The van der Waals surface area contributed by atoms with E-state index in [1.54, 1.807) is 11.4 Å². The Kier molecular flexibility index (Phi) is 3.26. The van der Waals surface area contributed by atoms with Crippen LogP contribution in [0.15, 0.2) is 35.7 Å². The Labute approximate surface area is 106 Å². The van der Waals surface area contributed by atoms with Crippen molar-refractivity contribution in [3.63, 3.8) is 0 Å². The van der Waals surface area contributed by atoms with Crippen molar-refractivity contribution in [1.82, 2.24) is 0 Å². The highest BCUT2D eigenvalue weighted by Crippen LogP contribution is 2.32. The van der Waals surface area contributed by atoms with Gasteiger partial charge in [-0.2, -0.15) is 13.2 Å². The van der Waals surface area contributed by atoms with Gasteiger partial charge in [0.25, 0.3) is 0 Å². The molecule has 1 heterocycles. The molecule has 2 rings (SSSR count). The highest BCUT2D eigenvalue weighted by atomic mass is 32.1. The first-order valence-electron chi connectivity index (χ1n) is 5.15. The second-order valence-electron chi connectivity index (χ2n) is 3.83. The summed E-state index contributed by atoms with van der Waals surface area (Å²) in [7, 11) is 0. The summed E-state index contributed by atoms with van der Waals surface area (Å²) < 4.78 is 37.2. The molecular formula is C13H9F3OS. The first kappa shape index (κ1) is 12.8. The molecular weight excluding hydrogens is 261 g/mol. The molecule has 5 heteroatoms. The van der Waals surface area contributed by atoms with Gasteiger partial charge in [0.2, 0.25) is 0 Å². The van der Waals surface area contributed by atoms with Crippen LogP contribution in [0.5, 0.6) is 0 Å². The van der Waals surface area contributed by atoms with Gasteiger partial charge >= 0.3 is 6.18 Å². The molecule has 1 aromatic heterocycles. The molecule has 0 spiro atoms. The number of halogens is 3. The maximum Gasteiger partial charge on any atom is 0.416 e. The van der Waals surface area contributed by atoms with Crippen LogP contribution in [0, 0.1) is 0 Å². The molecule has 94 valence electrons. The molecule has 0 saturated heterocycles. The molecule has 2 aromatic rings. The Bertz CT molecular complexity index is 567. The van der Waals surface area contributed by atoms with Crippen molar-refractivity contribution < 1.29 is 18.0 Å². The summed E-state index contributed by atoms with van der Waals surface area (Å²) in [6.45, 7) is 1.46. The van der Waals surface area contributed by atoms with Gasteiger partial charge in [-0.05, 0) is 41.6 Å². The monoisotopic (exact) mass is 270 g/mol. The zero-order valence-electron chi connectivity index (χ0n) is 9.41. The van der Waals surface area contributed by atoms with Gasteiger partial charge < -0.3 is 0 Å². The van der Waals surface area contributed by atoms with Gasteiger partial charge in [-0.15, -0.1) is 11.3 Å². The summed E-state index contributed by atoms with van der Waals surface area (Å²) >= 11 is 1.29. The maximum atomic E-state index is 12.4. The fraction of sp³-hybridized carbons (Fsp3) is 0.154. The average Bonchev–Trinajstić information content (AvgIpc) is 2.77. The lowest BCUT2D eigenvalue weighted by Crippen LogP contribution is -2.03. The van der Waals surface area contributed by atoms with Gasteiger partial charge in [-0.3, -0.25) is 4.79 Å². The van der Waals surface area contributed by atoms with E-state index in [0.29, 0.717) is 10.4 Å². The number of hydrogen-bond acceptors (Lipinski definition) is 2. The molecule has 0 fully saturated rings. The van der Waals surface area contributed by atoms with Crippen molar-refractivity contribution in [2.24, 2.45) is 0 Å². The number of ketones is 1. The smallest absolute Gasteiger partial charge is 0.294 e. The van der Waals surface area contributed by atoms with E-state index < -0.39 is 11.7 Å². The largest absolute Gasteiger partial charge is 0.416 e. The molecule has 0 aliphatic heterocycles. The fourth-order valence-corrected chi connectivity index (χ4v) is 2.34. The van der Waals surface area contributed by atoms with Crippen LogP contribution in [0.1, 0.15) is 22.2 Å². The van der Waals surface area contributed by atoms with E-state index in [2.05, 4.69) is 0 Å². The van der Waals surface area contributed by atoms with E-state index in [1.807, 2.05) is 0 Å². The number of hydrogen-bond donors (Lipinski definition) is 0. The van der Waals surface area contributed by atoms with E-state index >= 15 is 0 Å². The van der Waals surface area contributed by atoms with Crippen molar-refractivity contribution in [2.75, 3.05) is 0 Å². The second kappa shape index (κ2) is 4.57. The number of thiophene rings is 1. The van der Waals surface area contributed by atoms with Gasteiger partial charge in [-0.1, -0.05) is 12.1 Å². The topological polar surface area (TPSA) is 17.1 Å². The Balaban J connectivity index is 2.31. The van der Waals surface area contributed by atoms with Crippen LogP contribution in [0.4, 0.5) is 13.2 Å². The number of Topliss-reactive ketones (excluding diaryl/α,β-unsaturated/α-hetero) is 1. The fourth-order valence-electron chi connectivity index (χ4n) is 1.52. The molecule has 0 atom stereocenters. The standard InChI is InChI=1S/C13H9F3OS/c1-8(17)12-6-10(7-18-12)9-2-4-11(5-3-9)13(14,15)16/h2-7H,1H3. The Morgan fingerprint density at radius 2 is 1.72 bits per heavy atom. The van der Waals surface area contributed by atoms with Crippen molar-refractivity contribution in [2.45, 2.75) is 13.1 Å². The first-order chi connectivity index (χ1) is 8.38. The molecule has 0 amide bonds. The first-order valence-corrected chi connectivity index (χ1v) is 6.03. The SMILES string of the molecule is CC(=O)c1cc(-c2ccc(C(F)(F)F)cc2)cs1. The second-order valence-corrected chi connectivity index (χ2v) is 4.74. The van der Waals surface area contributed by atoms with Crippen molar-refractivity contribution >= 4 is 17.1 Å². The summed E-state index contributed by atoms with van der Waals surface area (Å²) in [6.07, 6.45) is -4.32. The minimum absolute atomic E-state index is 0.0434. The van der Waals surface area contributed by atoms with Crippen molar-refractivity contribution in [3.8, 4) is 11.1 Å². The third-order valence-electron chi connectivity index (χ3n) is 2.49. The van der Waals surface area contributed by atoms with Crippen LogP contribution >= 0.6 is 11.3 Å². The van der Waals surface area contributed by atoms with Gasteiger partial charge in [0.15, 0.2) is 5.78 Å². The summed E-state index contributed by atoms with van der Waals surface area (Å²) in [5.74, 6) is -0.0434. The zero-order chi connectivity index (χ0) is 13.3. The van der Waals surface area contributed by atoms with E-state index in [-0.39, 0.29) is 5.78 Å². The number of rotatable bonds is 2. The third kappa shape index (κ3) is 2.61. The van der Waals surface area contributed by atoms with E-state index in [0.717, 1.165) is 17.7 Å². The van der Waals surface area contributed by atoms with Gasteiger partial charge in [-0.25, -0.2) is 0 Å². The predicted molar refractivity (Wildman–Crippen MR) is 64.8 cm³/mol. The molecule has 18 heavy (non-hydrogen) atoms. The molecule has 1 nitrogen and oxygen atoms in total. The van der Waals surface area contributed by atoms with E-state index in [1.165, 1.54) is 30.4 Å². The Morgan fingerprint density at radius 3 is 2.17 bits per heavy atom. The lowest BCUT2D eigenvalue weighted by atomic mass is 10.1. The van der Waals surface area contributed by atoms with Crippen molar-refractivity contribution in [3.05, 3.63) is 46.2 Å². The van der Waals surface area contributed by atoms with Gasteiger partial charge in [0.1, 0.15) is 0 Å². The average molecular weight is 270 g/mol. The summed E-state index contributed by atoms with van der Waals surface area (Å²) in [6, 6.07) is 6.60. The Hall–Kier alpha value is -1.62. The summed E-state index contributed by atoms with van der Waals surface area (Å²) in [4.78, 5) is 11.7. The van der Waals surface area contributed by atoms with Crippen LogP contribution in [-0.2, 0) is 6.18 Å². The van der Waals surface area contributed by atoms with Gasteiger partial charge in [0, 0.05) is 0 Å².